The molecule has 9 heteroatoms. The Kier molecular flexibility index (Phi) is 8.11. The minimum atomic E-state index is -0.133. The summed E-state index contributed by atoms with van der Waals surface area (Å²) in [4.78, 5) is 12.9. The fraction of sp³-hybridized carbons (Fsp3) is 0.138. The van der Waals surface area contributed by atoms with Crippen LogP contribution in [0.4, 0.5) is 5.69 Å². The minimum Gasteiger partial charge on any atom is -0.494 e. The van der Waals surface area contributed by atoms with Crippen LogP contribution in [0.1, 0.15) is 12.7 Å². The molecule has 0 saturated carbocycles. The predicted molar refractivity (Wildman–Crippen MR) is 152 cm³/mol. The van der Waals surface area contributed by atoms with Gasteiger partial charge in [0.15, 0.2) is 11.0 Å². The van der Waals surface area contributed by atoms with Crippen LogP contribution >= 0.6 is 23.4 Å². The lowest BCUT2D eigenvalue weighted by atomic mass is 10.1. The van der Waals surface area contributed by atoms with E-state index in [2.05, 4.69) is 15.5 Å². The molecule has 0 aliphatic carbocycles. The number of benzene rings is 4. The lowest BCUT2D eigenvalue weighted by Crippen LogP contribution is -2.15. The Morgan fingerprint density at radius 1 is 0.895 bits per heavy atom. The summed E-state index contributed by atoms with van der Waals surface area (Å²) in [5, 5.41) is 15.0. The van der Waals surface area contributed by atoms with Crippen LogP contribution in [0.15, 0.2) is 96.2 Å². The Morgan fingerprint density at radius 2 is 1.61 bits per heavy atom. The number of anilines is 1. The standard InChI is InChI=1S/C29H25ClN4O3S/c1-2-36-23-16-12-22(13-17-23)34-27(18-37-24-14-10-21(30)11-15-24)32-33-29(34)38-19-28(35)31-26-9-5-7-20-6-3-4-8-25(20)26/h3-17H,2,18-19H2,1H3,(H,31,35). The van der Waals surface area contributed by atoms with Gasteiger partial charge in [-0.05, 0) is 66.9 Å². The van der Waals surface area contributed by atoms with Crippen molar-refractivity contribution in [2.45, 2.75) is 18.7 Å². The van der Waals surface area contributed by atoms with Gasteiger partial charge in [-0.25, -0.2) is 0 Å². The van der Waals surface area contributed by atoms with Crippen molar-refractivity contribution in [2.75, 3.05) is 17.7 Å². The molecule has 0 bridgehead atoms. The molecule has 0 aliphatic rings. The number of nitrogens with one attached hydrogen (secondary N) is 1. The van der Waals surface area contributed by atoms with Crippen molar-refractivity contribution in [1.29, 1.82) is 0 Å². The Morgan fingerprint density at radius 3 is 2.39 bits per heavy atom. The number of nitrogens with zero attached hydrogens (tertiary/aromatic N) is 3. The number of thioether (sulfide) groups is 1. The van der Waals surface area contributed by atoms with E-state index in [0.29, 0.717) is 28.4 Å². The second-order valence-corrected chi connectivity index (χ2v) is 9.65. The fourth-order valence-electron chi connectivity index (χ4n) is 3.93. The molecule has 4 aromatic carbocycles. The van der Waals surface area contributed by atoms with Crippen LogP contribution in [0, 0.1) is 0 Å². The summed E-state index contributed by atoms with van der Waals surface area (Å²) in [6.45, 7) is 2.71. The van der Waals surface area contributed by atoms with Gasteiger partial charge in [-0.1, -0.05) is 59.8 Å². The molecule has 1 heterocycles. The molecule has 192 valence electrons. The van der Waals surface area contributed by atoms with Crippen LogP contribution in [0.5, 0.6) is 11.5 Å². The largest absolute Gasteiger partial charge is 0.494 e. The first-order valence-electron chi connectivity index (χ1n) is 12.1. The van der Waals surface area contributed by atoms with Crippen LogP contribution in [-0.4, -0.2) is 33.0 Å². The summed E-state index contributed by atoms with van der Waals surface area (Å²) in [6, 6.07) is 28.6. The first-order valence-corrected chi connectivity index (χ1v) is 13.4. The van der Waals surface area contributed by atoms with Gasteiger partial charge in [0.05, 0.1) is 12.4 Å². The number of ether oxygens (including phenoxy) is 2. The number of fused-ring (bicyclic) bond motifs is 1. The van der Waals surface area contributed by atoms with Crippen molar-refractivity contribution in [2.24, 2.45) is 0 Å². The molecule has 7 nitrogen and oxygen atoms in total. The van der Waals surface area contributed by atoms with Crippen molar-refractivity contribution in [3.8, 4) is 17.2 Å². The molecule has 0 fully saturated rings. The van der Waals surface area contributed by atoms with E-state index in [0.717, 1.165) is 27.9 Å². The SMILES string of the molecule is CCOc1ccc(-n2c(COc3ccc(Cl)cc3)nnc2SCC(=O)Nc2cccc3ccccc23)cc1. The van der Waals surface area contributed by atoms with E-state index in [-0.39, 0.29) is 18.3 Å². The lowest BCUT2D eigenvalue weighted by Gasteiger charge is -2.12. The molecule has 1 amide bonds. The minimum absolute atomic E-state index is 0.133. The highest BCUT2D eigenvalue weighted by molar-refractivity contribution is 7.99. The number of hydrogen-bond acceptors (Lipinski definition) is 6. The van der Waals surface area contributed by atoms with Gasteiger partial charge in [0.2, 0.25) is 5.91 Å². The van der Waals surface area contributed by atoms with E-state index in [1.807, 2.05) is 78.2 Å². The zero-order valence-corrected chi connectivity index (χ0v) is 22.2. The molecule has 0 spiro atoms. The summed E-state index contributed by atoms with van der Waals surface area (Å²) in [5.41, 5.74) is 1.61. The van der Waals surface area contributed by atoms with Gasteiger partial charge in [0.25, 0.3) is 0 Å². The molecule has 0 saturated heterocycles. The Bertz CT molecular complexity index is 1530. The molecule has 5 rings (SSSR count). The highest BCUT2D eigenvalue weighted by atomic mass is 35.5. The van der Waals surface area contributed by atoms with Crippen molar-refractivity contribution in [3.63, 3.8) is 0 Å². The first-order chi connectivity index (χ1) is 18.6. The monoisotopic (exact) mass is 544 g/mol. The van der Waals surface area contributed by atoms with E-state index in [9.17, 15) is 4.79 Å². The molecule has 1 N–H and O–H groups in total. The Labute approximate surface area is 229 Å². The average Bonchev–Trinajstić information content (AvgIpc) is 3.35. The molecule has 0 unspecified atom stereocenters. The van der Waals surface area contributed by atoms with Gasteiger partial charge < -0.3 is 14.8 Å². The molecule has 5 aromatic rings. The summed E-state index contributed by atoms with van der Waals surface area (Å²) >= 11 is 7.29. The summed E-state index contributed by atoms with van der Waals surface area (Å²) < 4.78 is 13.4. The molecule has 0 radical (unpaired) electrons. The third-order valence-corrected chi connectivity index (χ3v) is 6.86. The van der Waals surface area contributed by atoms with Crippen molar-refractivity contribution < 1.29 is 14.3 Å². The lowest BCUT2D eigenvalue weighted by molar-refractivity contribution is -0.113. The number of halogens is 1. The van der Waals surface area contributed by atoms with Crippen LogP contribution < -0.4 is 14.8 Å². The molecule has 0 aliphatic heterocycles. The third-order valence-electron chi connectivity index (χ3n) is 5.68. The number of rotatable bonds is 10. The second kappa shape index (κ2) is 12.0. The summed E-state index contributed by atoms with van der Waals surface area (Å²) in [5.74, 6) is 2.06. The first kappa shape index (κ1) is 25.6. The van der Waals surface area contributed by atoms with Gasteiger partial charge in [-0.15, -0.1) is 10.2 Å². The van der Waals surface area contributed by atoms with Gasteiger partial charge in [0, 0.05) is 21.8 Å². The highest BCUT2D eigenvalue weighted by Crippen LogP contribution is 2.27. The van der Waals surface area contributed by atoms with Crippen LogP contribution in [0.3, 0.4) is 0 Å². The van der Waals surface area contributed by atoms with E-state index in [4.69, 9.17) is 21.1 Å². The third kappa shape index (κ3) is 6.10. The normalized spacial score (nSPS) is 10.9. The number of carbonyl (C=O) groups excluding carboxylic acids is 1. The fourth-order valence-corrected chi connectivity index (χ4v) is 4.83. The maximum Gasteiger partial charge on any atom is 0.234 e. The summed E-state index contributed by atoms with van der Waals surface area (Å²) in [7, 11) is 0. The van der Waals surface area contributed by atoms with Crippen LogP contribution in [0.25, 0.3) is 16.5 Å². The number of carbonyl (C=O) groups is 1. The highest BCUT2D eigenvalue weighted by Gasteiger charge is 2.17. The Hall–Kier alpha value is -4.01. The summed E-state index contributed by atoms with van der Waals surface area (Å²) in [6.07, 6.45) is 0. The maximum absolute atomic E-state index is 12.9. The van der Waals surface area contributed by atoms with Gasteiger partial charge in [-0.3, -0.25) is 9.36 Å². The van der Waals surface area contributed by atoms with E-state index in [1.54, 1.807) is 24.3 Å². The topological polar surface area (TPSA) is 78.3 Å². The smallest absolute Gasteiger partial charge is 0.234 e. The van der Waals surface area contributed by atoms with Crippen LogP contribution in [-0.2, 0) is 11.4 Å². The second-order valence-electron chi connectivity index (χ2n) is 8.27. The van der Waals surface area contributed by atoms with E-state index >= 15 is 0 Å². The Balaban J connectivity index is 1.34. The molecular weight excluding hydrogens is 520 g/mol. The number of amides is 1. The average molecular weight is 545 g/mol. The van der Waals surface area contributed by atoms with Crippen molar-refractivity contribution in [3.05, 3.63) is 102 Å². The number of aromatic nitrogens is 3. The number of hydrogen-bond donors (Lipinski definition) is 1. The predicted octanol–water partition coefficient (Wildman–Crippen LogP) is 6.78. The molecular formula is C29H25ClN4O3S. The zero-order chi connectivity index (χ0) is 26.3. The van der Waals surface area contributed by atoms with Crippen molar-refractivity contribution in [1.82, 2.24) is 14.8 Å². The molecule has 38 heavy (non-hydrogen) atoms. The van der Waals surface area contributed by atoms with E-state index in [1.165, 1.54) is 11.8 Å². The van der Waals surface area contributed by atoms with Crippen molar-refractivity contribution >= 4 is 45.7 Å². The van der Waals surface area contributed by atoms with Gasteiger partial charge in [-0.2, -0.15) is 0 Å². The van der Waals surface area contributed by atoms with Gasteiger partial charge in [0.1, 0.15) is 18.1 Å². The maximum atomic E-state index is 12.9. The molecule has 0 atom stereocenters. The zero-order valence-electron chi connectivity index (χ0n) is 20.6. The quantitative estimate of drug-likeness (QED) is 0.195. The van der Waals surface area contributed by atoms with E-state index < -0.39 is 0 Å². The van der Waals surface area contributed by atoms with Gasteiger partial charge >= 0.3 is 0 Å². The van der Waals surface area contributed by atoms with Crippen LogP contribution in [0.2, 0.25) is 5.02 Å². The molecule has 1 aromatic heterocycles.